The Labute approximate surface area is 107 Å². The highest BCUT2D eigenvalue weighted by atomic mass is 16.3. The summed E-state index contributed by atoms with van der Waals surface area (Å²) in [6.45, 7) is 4.13. The molecule has 4 heteroatoms. The standard InChI is InChI=1S/C14H19N3O/c1-14(2,18)9-17(3)12-7-8-16-13-10(12)5-4-6-11(13)15/h4-8,18H,9,15H2,1-3H3. The summed E-state index contributed by atoms with van der Waals surface area (Å²) < 4.78 is 0. The van der Waals surface area contributed by atoms with Crippen molar-refractivity contribution in [2.45, 2.75) is 19.4 Å². The van der Waals surface area contributed by atoms with E-state index in [1.807, 2.05) is 36.2 Å². The fourth-order valence-electron chi connectivity index (χ4n) is 2.18. The van der Waals surface area contributed by atoms with Crippen LogP contribution >= 0.6 is 0 Å². The molecule has 0 aliphatic heterocycles. The molecule has 0 radical (unpaired) electrons. The van der Waals surface area contributed by atoms with Crippen LogP contribution in [0.2, 0.25) is 0 Å². The first-order valence-electron chi connectivity index (χ1n) is 5.95. The van der Waals surface area contributed by atoms with Crippen LogP contribution in [0.4, 0.5) is 11.4 Å². The molecule has 0 aliphatic carbocycles. The summed E-state index contributed by atoms with van der Waals surface area (Å²) in [6, 6.07) is 7.69. The lowest BCUT2D eigenvalue weighted by Gasteiger charge is -2.28. The van der Waals surface area contributed by atoms with Crippen LogP contribution in [0, 0.1) is 0 Å². The number of aliphatic hydroxyl groups is 1. The number of nitrogen functional groups attached to an aromatic ring is 1. The minimum atomic E-state index is -0.745. The molecule has 0 fully saturated rings. The Morgan fingerprint density at radius 3 is 2.72 bits per heavy atom. The van der Waals surface area contributed by atoms with Crippen molar-refractivity contribution in [3.05, 3.63) is 30.5 Å². The molecule has 3 N–H and O–H groups in total. The number of fused-ring (bicyclic) bond motifs is 1. The smallest absolute Gasteiger partial charge is 0.0951 e. The van der Waals surface area contributed by atoms with E-state index in [0.717, 1.165) is 16.6 Å². The third-order valence-electron chi connectivity index (χ3n) is 2.81. The van der Waals surface area contributed by atoms with Crippen LogP contribution in [0.25, 0.3) is 10.9 Å². The predicted octanol–water partition coefficient (Wildman–Crippen LogP) is 2.02. The second-order valence-corrected chi connectivity index (χ2v) is 5.24. The molecule has 0 bridgehead atoms. The van der Waals surface area contributed by atoms with Gasteiger partial charge >= 0.3 is 0 Å². The van der Waals surface area contributed by atoms with Gasteiger partial charge in [0.2, 0.25) is 0 Å². The first-order valence-corrected chi connectivity index (χ1v) is 5.95. The summed E-state index contributed by atoms with van der Waals surface area (Å²) >= 11 is 0. The number of pyridine rings is 1. The average molecular weight is 245 g/mol. The van der Waals surface area contributed by atoms with Gasteiger partial charge in [-0.15, -0.1) is 0 Å². The normalized spacial score (nSPS) is 11.8. The number of hydrogen-bond donors (Lipinski definition) is 2. The van der Waals surface area contributed by atoms with E-state index in [0.29, 0.717) is 12.2 Å². The fraction of sp³-hybridized carbons (Fsp3) is 0.357. The van der Waals surface area contributed by atoms with Crippen LogP contribution in [0.3, 0.4) is 0 Å². The van der Waals surface area contributed by atoms with Gasteiger partial charge in [-0.3, -0.25) is 4.98 Å². The van der Waals surface area contributed by atoms with Gasteiger partial charge in [-0.1, -0.05) is 12.1 Å². The van der Waals surface area contributed by atoms with E-state index in [-0.39, 0.29) is 0 Å². The summed E-state index contributed by atoms with van der Waals surface area (Å²) in [5.41, 5.74) is 7.67. The summed E-state index contributed by atoms with van der Waals surface area (Å²) in [5.74, 6) is 0. The third kappa shape index (κ3) is 2.54. The highest BCUT2D eigenvalue weighted by Gasteiger charge is 2.17. The molecule has 2 aromatic rings. The molecule has 4 nitrogen and oxygen atoms in total. The summed E-state index contributed by atoms with van der Waals surface area (Å²) in [4.78, 5) is 6.32. The lowest BCUT2D eigenvalue weighted by Crippen LogP contribution is -2.36. The van der Waals surface area contributed by atoms with Crippen LogP contribution in [0.15, 0.2) is 30.5 Å². The predicted molar refractivity (Wildman–Crippen MR) is 75.7 cm³/mol. The van der Waals surface area contributed by atoms with Crippen LogP contribution in [-0.2, 0) is 0 Å². The average Bonchev–Trinajstić information content (AvgIpc) is 2.26. The second-order valence-electron chi connectivity index (χ2n) is 5.24. The summed E-state index contributed by atoms with van der Waals surface area (Å²) in [5, 5.41) is 10.9. The van der Waals surface area contributed by atoms with E-state index in [1.54, 1.807) is 20.0 Å². The topological polar surface area (TPSA) is 62.4 Å². The number of para-hydroxylation sites is 1. The molecular weight excluding hydrogens is 226 g/mol. The number of rotatable bonds is 3. The van der Waals surface area contributed by atoms with Gasteiger partial charge in [-0.05, 0) is 26.0 Å². The van der Waals surface area contributed by atoms with Gasteiger partial charge in [0, 0.05) is 30.9 Å². The molecule has 1 aromatic heterocycles. The van der Waals surface area contributed by atoms with Crippen molar-refractivity contribution >= 4 is 22.3 Å². The fourth-order valence-corrected chi connectivity index (χ4v) is 2.18. The molecule has 0 amide bonds. The van der Waals surface area contributed by atoms with Crippen molar-refractivity contribution in [3.63, 3.8) is 0 Å². The van der Waals surface area contributed by atoms with Crippen molar-refractivity contribution < 1.29 is 5.11 Å². The Morgan fingerprint density at radius 2 is 2.06 bits per heavy atom. The number of nitrogens with two attached hydrogens (primary N) is 1. The first-order chi connectivity index (χ1) is 8.38. The van der Waals surface area contributed by atoms with Crippen molar-refractivity contribution in [1.29, 1.82) is 0 Å². The van der Waals surface area contributed by atoms with E-state index in [4.69, 9.17) is 5.73 Å². The summed E-state index contributed by atoms with van der Waals surface area (Å²) in [7, 11) is 1.95. The highest BCUT2D eigenvalue weighted by molar-refractivity contribution is 5.97. The maximum Gasteiger partial charge on any atom is 0.0951 e. The highest BCUT2D eigenvalue weighted by Crippen LogP contribution is 2.28. The lowest BCUT2D eigenvalue weighted by molar-refractivity contribution is 0.0887. The molecule has 0 saturated carbocycles. The second kappa shape index (κ2) is 4.46. The van der Waals surface area contributed by atoms with Gasteiger partial charge in [0.25, 0.3) is 0 Å². The molecule has 0 unspecified atom stereocenters. The zero-order valence-electron chi connectivity index (χ0n) is 11.0. The number of hydrogen-bond acceptors (Lipinski definition) is 4. The van der Waals surface area contributed by atoms with E-state index in [2.05, 4.69) is 4.98 Å². The maximum absolute atomic E-state index is 9.89. The van der Waals surface area contributed by atoms with Crippen LogP contribution < -0.4 is 10.6 Å². The van der Waals surface area contributed by atoms with Crippen molar-refractivity contribution in [3.8, 4) is 0 Å². The Morgan fingerprint density at radius 1 is 1.33 bits per heavy atom. The minimum Gasteiger partial charge on any atom is -0.397 e. The van der Waals surface area contributed by atoms with Gasteiger partial charge in [-0.2, -0.15) is 0 Å². The van der Waals surface area contributed by atoms with Crippen molar-refractivity contribution in [2.24, 2.45) is 0 Å². The van der Waals surface area contributed by atoms with Gasteiger partial charge in [0.05, 0.1) is 16.8 Å². The molecule has 1 aromatic carbocycles. The molecular formula is C14H19N3O. The van der Waals surface area contributed by atoms with Gasteiger partial charge in [0.15, 0.2) is 0 Å². The number of anilines is 2. The zero-order chi connectivity index (χ0) is 13.3. The molecule has 1 heterocycles. The monoisotopic (exact) mass is 245 g/mol. The third-order valence-corrected chi connectivity index (χ3v) is 2.81. The van der Waals surface area contributed by atoms with Gasteiger partial charge in [-0.25, -0.2) is 0 Å². The Bertz CT molecular complexity index is 560. The largest absolute Gasteiger partial charge is 0.397 e. The molecule has 0 spiro atoms. The lowest BCUT2D eigenvalue weighted by atomic mass is 10.1. The van der Waals surface area contributed by atoms with E-state index in [1.165, 1.54) is 0 Å². The molecule has 0 atom stereocenters. The van der Waals surface area contributed by atoms with Gasteiger partial charge in [0.1, 0.15) is 0 Å². The van der Waals surface area contributed by atoms with Crippen LogP contribution in [0.5, 0.6) is 0 Å². The Hall–Kier alpha value is -1.81. The van der Waals surface area contributed by atoms with E-state index < -0.39 is 5.60 Å². The summed E-state index contributed by atoms with van der Waals surface area (Å²) in [6.07, 6.45) is 1.74. The zero-order valence-corrected chi connectivity index (χ0v) is 11.0. The number of nitrogens with zero attached hydrogens (tertiary/aromatic N) is 2. The van der Waals surface area contributed by atoms with Gasteiger partial charge < -0.3 is 15.7 Å². The maximum atomic E-state index is 9.89. The molecule has 2 rings (SSSR count). The molecule has 0 saturated heterocycles. The van der Waals surface area contributed by atoms with Crippen molar-refractivity contribution in [1.82, 2.24) is 4.98 Å². The van der Waals surface area contributed by atoms with E-state index in [9.17, 15) is 5.11 Å². The quantitative estimate of drug-likeness (QED) is 0.812. The first kappa shape index (κ1) is 12.6. The number of aromatic nitrogens is 1. The Balaban J connectivity index is 2.48. The molecule has 96 valence electrons. The van der Waals surface area contributed by atoms with Crippen molar-refractivity contribution in [2.75, 3.05) is 24.2 Å². The minimum absolute atomic E-state index is 0.543. The van der Waals surface area contributed by atoms with Crippen LogP contribution in [-0.4, -0.2) is 29.3 Å². The SMILES string of the molecule is CN(CC(C)(C)O)c1ccnc2c(N)cccc12. The number of likely N-dealkylation sites (N-methyl/N-ethyl adjacent to an activating group) is 1. The van der Waals surface area contributed by atoms with Crippen LogP contribution in [0.1, 0.15) is 13.8 Å². The molecule has 18 heavy (non-hydrogen) atoms. The molecule has 0 aliphatic rings. The van der Waals surface area contributed by atoms with E-state index >= 15 is 0 Å². The number of benzene rings is 1. The Kier molecular flexibility index (Phi) is 3.13.